The van der Waals surface area contributed by atoms with Crippen LogP contribution in [-0.2, 0) is 6.54 Å². The molecule has 0 amide bonds. The van der Waals surface area contributed by atoms with Gasteiger partial charge in [0.1, 0.15) is 5.82 Å². The molecule has 1 saturated heterocycles. The molecule has 0 unspecified atom stereocenters. The third-order valence-electron chi connectivity index (χ3n) is 6.83. The first kappa shape index (κ1) is 22.5. The monoisotopic (exact) mass is 484 g/mol. The fourth-order valence-corrected chi connectivity index (χ4v) is 4.87. The molecule has 0 aliphatic carbocycles. The van der Waals surface area contributed by atoms with Crippen molar-refractivity contribution in [2.45, 2.75) is 25.4 Å². The van der Waals surface area contributed by atoms with Gasteiger partial charge in [-0.15, -0.1) is 0 Å². The van der Waals surface area contributed by atoms with Crippen LogP contribution in [0.15, 0.2) is 67.0 Å². The van der Waals surface area contributed by atoms with E-state index in [9.17, 15) is 4.39 Å². The fraction of sp³-hybridized carbons (Fsp3) is 0.296. The minimum absolute atomic E-state index is 0.218. The minimum atomic E-state index is -0.218. The van der Waals surface area contributed by atoms with Gasteiger partial charge < -0.3 is 25.1 Å². The van der Waals surface area contributed by atoms with Gasteiger partial charge in [-0.25, -0.2) is 14.4 Å². The van der Waals surface area contributed by atoms with Gasteiger partial charge in [-0.3, -0.25) is 4.98 Å². The number of hydrogen-bond donors (Lipinski definition) is 3. The van der Waals surface area contributed by atoms with Crippen molar-refractivity contribution < 1.29 is 4.39 Å². The van der Waals surface area contributed by atoms with Crippen molar-refractivity contribution in [1.82, 2.24) is 29.4 Å². The number of halogens is 1. The number of nitrogens with zero attached hydrogens (tertiary/aromatic N) is 5. The molecule has 4 heterocycles. The lowest BCUT2D eigenvalue weighted by Crippen LogP contribution is -2.41. The maximum Gasteiger partial charge on any atom is 0.204 e. The number of piperidine rings is 1. The van der Waals surface area contributed by atoms with Crippen LogP contribution in [0, 0.1) is 5.82 Å². The van der Waals surface area contributed by atoms with E-state index in [1.54, 1.807) is 12.4 Å². The number of rotatable bonds is 8. The van der Waals surface area contributed by atoms with Crippen LogP contribution in [0.5, 0.6) is 0 Å². The third-order valence-corrected chi connectivity index (χ3v) is 6.83. The van der Waals surface area contributed by atoms with Gasteiger partial charge >= 0.3 is 0 Å². The van der Waals surface area contributed by atoms with E-state index in [0.717, 1.165) is 78.5 Å². The Morgan fingerprint density at radius 2 is 1.81 bits per heavy atom. The van der Waals surface area contributed by atoms with Gasteiger partial charge in [-0.2, -0.15) is 0 Å². The number of imidazole rings is 2. The van der Waals surface area contributed by atoms with E-state index < -0.39 is 0 Å². The van der Waals surface area contributed by atoms with Crippen molar-refractivity contribution in [3.8, 4) is 0 Å². The van der Waals surface area contributed by atoms with Crippen molar-refractivity contribution >= 4 is 34.0 Å². The van der Waals surface area contributed by atoms with Crippen LogP contribution in [0.4, 0.5) is 16.3 Å². The lowest BCUT2D eigenvalue weighted by Gasteiger charge is -2.32. The van der Waals surface area contributed by atoms with Gasteiger partial charge in [-0.1, -0.05) is 24.3 Å². The SMILES string of the molecule is Fc1ccc(Cn2c(NC3CCN(CCNc4nc5ccncc5[nH]4)CC3)nc3ccccc32)cc1. The standard InChI is InChI=1S/C27H29FN8/c28-20-7-5-19(6-8-20)18-36-25-4-2-1-3-23(25)34-27(36)31-21-10-14-35(15-11-21)16-13-30-26-32-22-9-12-29-17-24(22)33-26/h1-9,12,17,21H,10-11,13-16,18H2,(H,31,34)(H2,30,32,33). The molecule has 0 bridgehead atoms. The molecule has 3 aromatic heterocycles. The van der Waals surface area contributed by atoms with Gasteiger partial charge in [0.25, 0.3) is 0 Å². The van der Waals surface area contributed by atoms with Crippen LogP contribution < -0.4 is 10.6 Å². The summed E-state index contributed by atoms with van der Waals surface area (Å²) < 4.78 is 15.6. The lowest BCUT2D eigenvalue weighted by molar-refractivity contribution is 0.226. The van der Waals surface area contributed by atoms with Crippen LogP contribution in [0.3, 0.4) is 0 Å². The number of hydrogen-bond acceptors (Lipinski definition) is 6. The number of anilines is 2. The Bertz CT molecular complexity index is 1420. The summed E-state index contributed by atoms with van der Waals surface area (Å²) in [7, 11) is 0. The van der Waals surface area contributed by atoms with Crippen molar-refractivity contribution in [1.29, 1.82) is 0 Å². The number of para-hydroxylation sites is 2. The first-order valence-electron chi connectivity index (χ1n) is 12.4. The quantitative estimate of drug-likeness (QED) is 0.301. The minimum Gasteiger partial charge on any atom is -0.355 e. The van der Waals surface area contributed by atoms with Gasteiger partial charge in [0, 0.05) is 38.4 Å². The van der Waals surface area contributed by atoms with Crippen molar-refractivity contribution in [3.63, 3.8) is 0 Å². The predicted octanol–water partition coefficient (Wildman–Crippen LogP) is 4.48. The number of pyridine rings is 1. The summed E-state index contributed by atoms with van der Waals surface area (Å²) in [6.07, 6.45) is 5.65. The molecular formula is C27H29FN8. The third kappa shape index (κ3) is 4.87. The molecule has 9 heteroatoms. The second-order valence-electron chi connectivity index (χ2n) is 9.30. The van der Waals surface area contributed by atoms with Crippen LogP contribution >= 0.6 is 0 Å². The maximum absolute atomic E-state index is 13.4. The first-order chi connectivity index (χ1) is 17.7. The molecule has 5 aromatic rings. The molecule has 1 fully saturated rings. The number of fused-ring (bicyclic) bond motifs is 2. The maximum atomic E-state index is 13.4. The number of H-pyrrole nitrogens is 1. The highest BCUT2D eigenvalue weighted by molar-refractivity contribution is 5.79. The second-order valence-corrected chi connectivity index (χ2v) is 9.30. The molecule has 184 valence electrons. The summed E-state index contributed by atoms with van der Waals surface area (Å²) in [6.45, 7) is 4.50. The zero-order chi connectivity index (χ0) is 24.3. The molecular weight excluding hydrogens is 455 g/mol. The lowest BCUT2D eigenvalue weighted by atomic mass is 10.1. The first-order valence-corrected chi connectivity index (χ1v) is 12.4. The van der Waals surface area contributed by atoms with E-state index in [2.05, 4.69) is 41.1 Å². The molecule has 1 aliphatic heterocycles. The molecule has 6 rings (SSSR count). The highest BCUT2D eigenvalue weighted by Gasteiger charge is 2.21. The van der Waals surface area contributed by atoms with Gasteiger partial charge in [-0.05, 0) is 48.7 Å². The Morgan fingerprint density at radius 3 is 2.64 bits per heavy atom. The molecule has 0 atom stereocenters. The van der Waals surface area contributed by atoms with Crippen LogP contribution in [0.2, 0.25) is 0 Å². The largest absolute Gasteiger partial charge is 0.355 e. The van der Waals surface area contributed by atoms with Gasteiger partial charge in [0.15, 0.2) is 0 Å². The number of benzene rings is 2. The Labute approximate surface area is 208 Å². The summed E-state index contributed by atoms with van der Waals surface area (Å²) in [5.74, 6) is 1.44. The second kappa shape index (κ2) is 9.94. The van der Waals surface area contributed by atoms with Crippen molar-refractivity contribution in [2.24, 2.45) is 0 Å². The summed E-state index contributed by atoms with van der Waals surface area (Å²) in [5.41, 5.74) is 4.95. The average Bonchev–Trinajstić information content (AvgIpc) is 3.47. The Morgan fingerprint density at radius 1 is 0.972 bits per heavy atom. The Balaban J connectivity index is 1.05. The number of aromatic amines is 1. The van der Waals surface area contributed by atoms with E-state index in [4.69, 9.17) is 4.98 Å². The van der Waals surface area contributed by atoms with E-state index in [1.807, 2.05) is 36.4 Å². The van der Waals surface area contributed by atoms with Crippen molar-refractivity contribution in [2.75, 3.05) is 36.8 Å². The summed E-state index contributed by atoms with van der Waals surface area (Å²) in [6, 6.07) is 17.1. The zero-order valence-electron chi connectivity index (χ0n) is 20.0. The molecule has 2 aromatic carbocycles. The van der Waals surface area contributed by atoms with Gasteiger partial charge in [0.05, 0.1) is 34.8 Å². The van der Waals surface area contributed by atoms with Crippen LogP contribution in [0.25, 0.3) is 22.1 Å². The number of likely N-dealkylation sites (tertiary alicyclic amines) is 1. The molecule has 1 aliphatic rings. The van der Waals surface area contributed by atoms with Gasteiger partial charge in [0.2, 0.25) is 11.9 Å². The molecule has 8 nitrogen and oxygen atoms in total. The summed E-state index contributed by atoms with van der Waals surface area (Å²) in [4.78, 5) is 19.3. The number of aromatic nitrogens is 5. The molecule has 0 radical (unpaired) electrons. The van der Waals surface area contributed by atoms with Crippen LogP contribution in [-0.4, -0.2) is 61.6 Å². The van der Waals surface area contributed by atoms with E-state index >= 15 is 0 Å². The van der Waals surface area contributed by atoms with E-state index in [1.165, 1.54) is 12.1 Å². The predicted molar refractivity (Wildman–Crippen MR) is 141 cm³/mol. The molecule has 0 saturated carbocycles. The van der Waals surface area contributed by atoms with Crippen LogP contribution in [0.1, 0.15) is 18.4 Å². The fourth-order valence-electron chi connectivity index (χ4n) is 4.87. The molecule has 3 N–H and O–H groups in total. The zero-order valence-corrected chi connectivity index (χ0v) is 20.0. The number of nitrogens with one attached hydrogen (secondary N) is 3. The normalized spacial score (nSPS) is 15.0. The Hall–Kier alpha value is -3.98. The average molecular weight is 485 g/mol. The highest BCUT2D eigenvalue weighted by Crippen LogP contribution is 2.24. The topological polar surface area (TPSA) is 86.7 Å². The molecule has 0 spiro atoms. The highest BCUT2D eigenvalue weighted by atomic mass is 19.1. The summed E-state index contributed by atoms with van der Waals surface area (Å²) >= 11 is 0. The van der Waals surface area contributed by atoms with E-state index in [0.29, 0.717) is 12.6 Å². The Kier molecular flexibility index (Phi) is 6.21. The smallest absolute Gasteiger partial charge is 0.204 e. The van der Waals surface area contributed by atoms with Crippen molar-refractivity contribution in [3.05, 3.63) is 78.4 Å². The van der Waals surface area contributed by atoms with E-state index in [-0.39, 0.29) is 5.82 Å². The summed E-state index contributed by atoms with van der Waals surface area (Å²) in [5, 5.41) is 7.10. The molecule has 36 heavy (non-hydrogen) atoms.